The van der Waals surface area contributed by atoms with Gasteiger partial charge in [-0.2, -0.15) is 11.4 Å². The van der Waals surface area contributed by atoms with Crippen LogP contribution in [-0.4, -0.2) is 75.8 Å². The van der Waals surface area contributed by atoms with Crippen LogP contribution in [0, 0.1) is 4.51 Å². The first-order valence-corrected chi connectivity index (χ1v) is 16.0. The molecule has 0 aromatic heterocycles. The lowest BCUT2D eigenvalue weighted by Gasteiger charge is -2.40. The molecule has 1 saturated heterocycles. The monoisotopic (exact) mass is 639 g/mol. The Hall–Kier alpha value is -4.03. The molecular formula is C33H39F2N5O4S. The molecule has 0 aliphatic carbocycles. The number of fused-ring (bicyclic) bond motifs is 2. The van der Waals surface area contributed by atoms with Gasteiger partial charge in [-0.3, -0.25) is 9.59 Å². The van der Waals surface area contributed by atoms with Crippen LogP contribution in [-0.2, 0) is 20.7 Å². The zero-order chi connectivity index (χ0) is 31.8. The summed E-state index contributed by atoms with van der Waals surface area (Å²) in [5.74, 6) is -2.54. The van der Waals surface area contributed by atoms with Crippen LogP contribution in [0.25, 0.3) is 0 Å². The highest BCUT2D eigenvalue weighted by molar-refractivity contribution is 7.91. The Labute approximate surface area is 264 Å². The molecular weight excluding hydrogens is 600 g/mol. The zero-order valence-corrected chi connectivity index (χ0v) is 26.2. The molecule has 3 aromatic rings. The van der Waals surface area contributed by atoms with E-state index in [9.17, 15) is 23.5 Å². The van der Waals surface area contributed by atoms with Gasteiger partial charge in [-0.25, -0.2) is 13.8 Å². The summed E-state index contributed by atoms with van der Waals surface area (Å²) in [5, 5.41) is 15.9. The molecule has 12 heteroatoms. The Morgan fingerprint density at radius 1 is 1.00 bits per heavy atom. The lowest BCUT2D eigenvalue weighted by Crippen LogP contribution is -2.56. The molecule has 5 rings (SSSR count). The SMILES string of the molecule is CN(CCCC(=O)NCCOCCC(=O)NCCc1ccc(O)cc1)c1ccc2c(c1)=[SH]c1cc(N3CC(F)(F)C3)ccc1N=2. The van der Waals surface area contributed by atoms with Gasteiger partial charge >= 0.3 is 0 Å². The van der Waals surface area contributed by atoms with E-state index in [-0.39, 0.29) is 43.7 Å². The molecule has 9 nitrogen and oxygen atoms in total. The molecule has 0 unspecified atom stereocenters. The largest absolute Gasteiger partial charge is 0.508 e. The number of phenolic OH excluding ortho intramolecular Hbond substituents is 1. The van der Waals surface area contributed by atoms with Crippen molar-refractivity contribution >= 4 is 40.2 Å². The molecule has 0 radical (unpaired) electrons. The summed E-state index contributed by atoms with van der Waals surface area (Å²) in [5.41, 5.74) is 3.72. The summed E-state index contributed by atoms with van der Waals surface area (Å²) >= 11 is 0.986. The van der Waals surface area contributed by atoms with Crippen LogP contribution in [0.2, 0.25) is 0 Å². The second-order valence-corrected chi connectivity index (χ2v) is 12.5. The molecule has 0 atom stereocenters. The number of amides is 2. The number of ether oxygens (including phenoxy) is 1. The van der Waals surface area contributed by atoms with E-state index >= 15 is 0 Å². The summed E-state index contributed by atoms with van der Waals surface area (Å²) < 4.78 is 33.2. The van der Waals surface area contributed by atoms with E-state index in [2.05, 4.69) is 21.6 Å². The average Bonchev–Trinajstić information content (AvgIpc) is 3.00. The van der Waals surface area contributed by atoms with E-state index in [4.69, 9.17) is 9.73 Å². The molecule has 0 spiro atoms. The van der Waals surface area contributed by atoms with Crippen LogP contribution in [0.4, 0.5) is 25.8 Å². The molecule has 2 aliphatic rings. The number of phenols is 1. The second kappa shape index (κ2) is 14.8. The molecule has 2 heterocycles. The number of hydrogen-bond acceptors (Lipinski definition) is 7. The Morgan fingerprint density at radius 2 is 1.76 bits per heavy atom. The Balaban J connectivity index is 0.963. The quantitative estimate of drug-likeness (QED) is 0.0891. The van der Waals surface area contributed by atoms with Gasteiger partial charge in [0.2, 0.25) is 11.8 Å². The van der Waals surface area contributed by atoms with E-state index < -0.39 is 5.92 Å². The number of aromatic hydroxyl groups is 1. The fraction of sp³-hybridized carbons (Fsp3) is 0.394. The van der Waals surface area contributed by atoms with Gasteiger partial charge in [0.1, 0.15) is 5.75 Å². The van der Waals surface area contributed by atoms with Crippen molar-refractivity contribution in [3.63, 3.8) is 0 Å². The van der Waals surface area contributed by atoms with Crippen molar-refractivity contribution in [1.82, 2.24) is 10.6 Å². The zero-order valence-electron chi connectivity index (χ0n) is 25.3. The third kappa shape index (κ3) is 9.24. The summed E-state index contributed by atoms with van der Waals surface area (Å²) in [6.07, 6.45) is 2.00. The van der Waals surface area contributed by atoms with Crippen molar-refractivity contribution in [3.05, 3.63) is 76.1 Å². The van der Waals surface area contributed by atoms with Crippen molar-refractivity contribution in [2.45, 2.75) is 36.5 Å². The fourth-order valence-electron chi connectivity index (χ4n) is 5.10. The first-order valence-electron chi connectivity index (χ1n) is 15.1. The number of benzene rings is 3. The van der Waals surface area contributed by atoms with E-state index in [0.717, 1.165) is 48.7 Å². The van der Waals surface area contributed by atoms with Gasteiger partial charge < -0.3 is 30.3 Å². The van der Waals surface area contributed by atoms with Crippen molar-refractivity contribution in [3.8, 4) is 5.75 Å². The van der Waals surface area contributed by atoms with Crippen LogP contribution in [0.1, 0.15) is 24.8 Å². The predicted molar refractivity (Wildman–Crippen MR) is 173 cm³/mol. The minimum absolute atomic E-state index is 0.0471. The van der Waals surface area contributed by atoms with Crippen LogP contribution < -0.4 is 25.8 Å². The maximum absolute atomic E-state index is 13.3. The number of rotatable bonds is 15. The number of alkyl halides is 2. The second-order valence-electron chi connectivity index (χ2n) is 11.3. The molecule has 240 valence electrons. The number of nitrogens with one attached hydrogen (secondary N) is 2. The third-order valence-corrected chi connectivity index (χ3v) is 8.86. The van der Waals surface area contributed by atoms with E-state index in [1.165, 1.54) is 0 Å². The molecule has 45 heavy (non-hydrogen) atoms. The maximum Gasteiger partial charge on any atom is 0.282 e. The van der Waals surface area contributed by atoms with Crippen molar-refractivity contribution in [2.75, 3.05) is 62.8 Å². The maximum atomic E-state index is 13.3. The summed E-state index contributed by atoms with van der Waals surface area (Å²) in [4.78, 5) is 33.8. The van der Waals surface area contributed by atoms with Gasteiger partial charge in [0.05, 0.1) is 37.3 Å². The topological polar surface area (TPSA) is 106 Å². The highest BCUT2D eigenvalue weighted by Gasteiger charge is 2.44. The predicted octanol–water partition coefficient (Wildman–Crippen LogP) is 3.99. The van der Waals surface area contributed by atoms with Gasteiger partial charge in [0.25, 0.3) is 5.92 Å². The highest BCUT2D eigenvalue weighted by atomic mass is 32.1. The normalized spacial score (nSPS) is 14.4. The van der Waals surface area contributed by atoms with Crippen LogP contribution in [0.5, 0.6) is 5.75 Å². The Bertz CT molecular complexity index is 1630. The van der Waals surface area contributed by atoms with Gasteiger partial charge in [-0.05, 0) is 66.9 Å². The lowest BCUT2D eigenvalue weighted by molar-refractivity contribution is -0.123. The standard InChI is InChI=1S/C33H39F2N5O4S/c1-39(16-2-3-31(42)37-15-18-44-17-13-32(43)36-14-12-23-4-8-26(41)9-5-23)24-6-10-27-29(19-24)45-30-20-25(7-11-28(30)38-27)40-21-33(34,35)22-40/h4-11,19-20,41,45H,2-3,12-18,21-22H2,1H3,(H,36,43)(H,37,42). The number of carbonyl (C=O) groups is 2. The molecule has 0 saturated carbocycles. The Morgan fingerprint density at radius 3 is 2.53 bits per heavy atom. The molecule has 0 bridgehead atoms. The highest BCUT2D eigenvalue weighted by Crippen LogP contribution is 2.37. The summed E-state index contributed by atoms with van der Waals surface area (Å²) in [7, 11) is 1.99. The molecule has 3 aromatic carbocycles. The number of hydrogen-bond donors (Lipinski definition) is 4. The van der Waals surface area contributed by atoms with Crippen LogP contribution >= 0.6 is 11.4 Å². The summed E-state index contributed by atoms with van der Waals surface area (Å²) in [6.45, 7) is 1.71. The molecule has 2 aliphatic heterocycles. The first kappa shape index (κ1) is 32.4. The number of halogens is 2. The number of thiol groups is 1. The van der Waals surface area contributed by atoms with E-state index in [0.29, 0.717) is 45.5 Å². The average molecular weight is 640 g/mol. The molecule has 1 fully saturated rings. The van der Waals surface area contributed by atoms with Gasteiger partial charge in [-0.15, -0.1) is 0 Å². The van der Waals surface area contributed by atoms with Crippen molar-refractivity contribution < 1.29 is 28.2 Å². The number of carbonyl (C=O) groups excluding carboxylic acids is 2. The van der Waals surface area contributed by atoms with Gasteiger partial charge in [-0.1, -0.05) is 12.1 Å². The molecule has 3 N–H and O–H groups in total. The van der Waals surface area contributed by atoms with Crippen molar-refractivity contribution in [1.29, 1.82) is 0 Å². The fourth-order valence-corrected chi connectivity index (χ4v) is 6.23. The lowest BCUT2D eigenvalue weighted by atomic mass is 10.1. The summed E-state index contributed by atoms with van der Waals surface area (Å²) in [6, 6.07) is 18.7. The van der Waals surface area contributed by atoms with E-state index in [1.54, 1.807) is 17.0 Å². The number of anilines is 2. The minimum atomic E-state index is -2.61. The Kier molecular flexibility index (Phi) is 10.7. The van der Waals surface area contributed by atoms with Gasteiger partial charge in [0, 0.05) is 60.3 Å². The van der Waals surface area contributed by atoms with Crippen LogP contribution in [0.15, 0.2) is 70.6 Å². The van der Waals surface area contributed by atoms with Crippen LogP contribution in [0.3, 0.4) is 0 Å². The molecule has 2 amide bonds. The number of nitrogens with zero attached hydrogens (tertiary/aromatic N) is 3. The van der Waals surface area contributed by atoms with E-state index in [1.807, 2.05) is 49.5 Å². The first-order chi connectivity index (χ1) is 21.6. The van der Waals surface area contributed by atoms with Crippen molar-refractivity contribution in [2.24, 2.45) is 4.99 Å². The smallest absolute Gasteiger partial charge is 0.282 e. The van der Waals surface area contributed by atoms with Gasteiger partial charge in [0.15, 0.2) is 0 Å². The minimum Gasteiger partial charge on any atom is -0.508 e. The third-order valence-electron chi connectivity index (χ3n) is 7.66.